The van der Waals surface area contributed by atoms with Crippen LogP contribution in [0.5, 0.6) is 0 Å². The van der Waals surface area contributed by atoms with Gasteiger partial charge in [0.2, 0.25) is 10.0 Å². The van der Waals surface area contributed by atoms with Gasteiger partial charge in [0.15, 0.2) is 0 Å². The molecule has 0 radical (unpaired) electrons. The van der Waals surface area contributed by atoms with E-state index in [0.29, 0.717) is 19.7 Å². The van der Waals surface area contributed by atoms with Crippen LogP contribution in [0.15, 0.2) is 30.3 Å². The van der Waals surface area contributed by atoms with E-state index in [4.69, 9.17) is 4.74 Å². The summed E-state index contributed by atoms with van der Waals surface area (Å²) >= 11 is 0. The van der Waals surface area contributed by atoms with E-state index in [1.165, 1.54) is 4.31 Å². The van der Waals surface area contributed by atoms with Gasteiger partial charge in [-0.25, -0.2) is 8.42 Å². The van der Waals surface area contributed by atoms with Crippen molar-refractivity contribution in [2.45, 2.75) is 25.4 Å². The standard InChI is InChI=1S/C16H26N2O3S/c1-17(2)11-12-18(15-8-4-3-5-9-15)22(19,20)14-16-10-6-7-13-21-16/h3-5,8-9,16H,6-7,10-14H2,1-2H3/t16-/m0/s1. The summed E-state index contributed by atoms with van der Waals surface area (Å²) in [5.74, 6) is 0.0648. The Balaban J connectivity index is 2.15. The van der Waals surface area contributed by atoms with E-state index < -0.39 is 10.0 Å². The summed E-state index contributed by atoms with van der Waals surface area (Å²) in [7, 11) is 0.500. The quantitative estimate of drug-likeness (QED) is 0.768. The molecule has 1 aliphatic rings. The van der Waals surface area contributed by atoms with Crippen molar-refractivity contribution in [3.63, 3.8) is 0 Å². The van der Waals surface area contributed by atoms with Crippen molar-refractivity contribution in [3.05, 3.63) is 30.3 Å². The first kappa shape index (κ1) is 17.2. The number of sulfonamides is 1. The molecular formula is C16H26N2O3S. The molecule has 5 nitrogen and oxygen atoms in total. The largest absolute Gasteiger partial charge is 0.377 e. The van der Waals surface area contributed by atoms with E-state index in [0.717, 1.165) is 24.9 Å². The molecule has 1 aliphatic heterocycles. The molecule has 124 valence electrons. The zero-order valence-corrected chi connectivity index (χ0v) is 14.3. The highest BCUT2D eigenvalue weighted by Crippen LogP contribution is 2.21. The molecule has 0 aromatic heterocycles. The van der Waals surface area contributed by atoms with Crippen LogP contribution in [0, 0.1) is 0 Å². The molecule has 1 aromatic carbocycles. The van der Waals surface area contributed by atoms with Crippen LogP contribution in [0.1, 0.15) is 19.3 Å². The fourth-order valence-electron chi connectivity index (χ4n) is 2.58. The van der Waals surface area contributed by atoms with Crippen molar-refractivity contribution in [2.75, 3.05) is 43.8 Å². The second-order valence-electron chi connectivity index (χ2n) is 5.98. The predicted octanol–water partition coefficient (Wildman–Crippen LogP) is 1.95. The lowest BCUT2D eigenvalue weighted by atomic mass is 10.1. The van der Waals surface area contributed by atoms with E-state index in [9.17, 15) is 8.42 Å². The number of para-hydroxylation sites is 1. The smallest absolute Gasteiger partial charge is 0.237 e. The van der Waals surface area contributed by atoms with Crippen LogP contribution >= 0.6 is 0 Å². The van der Waals surface area contributed by atoms with E-state index in [2.05, 4.69) is 0 Å². The van der Waals surface area contributed by atoms with Crippen LogP contribution in [0.2, 0.25) is 0 Å². The molecule has 0 saturated carbocycles. The second kappa shape index (κ2) is 7.94. The molecule has 0 amide bonds. The Morgan fingerprint density at radius 3 is 2.45 bits per heavy atom. The summed E-state index contributed by atoms with van der Waals surface area (Å²) in [5.41, 5.74) is 0.722. The average Bonchev–Trinajstić information content (AvgIpc) is 2.48. The number of anilines is 1. The van der Waals surface area contributed by atoms with Gasteiger partial charge >= 0.3 is 0 Å². The van der Waals surface area contributed by atoms with E-state index in [-0.39, 0.29) is 11.9 Å². The molecule has 0 aliphatic carbocycles. The third-order valence-corrected chi connectivity index (χ3v) is 5.66. The summed E-state index contributed by atoms with van der Waals surface area (Å²) in [5, 5.41) is 0. The predicted molar refractivity (Wildman–Crippen MR) is 89.7 cm³/mol. The van der Waals surface area contributed by atoms with Crippen LogP contribution in [0.4, 0.5) is 5.69 Å². The fourth-order valence-corrected chi connectivity index (χ4v) is 4.29. The normalized spacial score (nSPS) is 19.3. The van der Waals surface area contributed by atoms with Gasteiger partial charge in [-0.1, -0.05) is 18.2 Å². The Morgan fingerprint density at radius 1 is 1.14 bits per heavy atom. The number of hydrogen-bond donors (Lipinski definition) is 0. The maximum absolute atomic E-state index is 12.8. The third kappa shape index (κ3) is 4.97. The average molecular weight is 326 g/mol. The molecule has 0 unspecified atom stereocenters. The van der Waals surface area contributed by atoms with Gasteiger partial charge in [0.05, 0.1) is 17.5 Å². The van der Waals surface area contributed by atoms with Crippen molar-refractivity contribution in [2.24, 2.45) is 0 Å². The first-order valence-electron chi connectivity index (χ1n) is 7.81. The molecule has 6 heteroatoms. The molecule has 1 saturated heterocycles. The first-order valence-corrected chi connectivity index (χ1v) is 9.42. The number of likely N-dealkylation sites (N-methyl/N-ethyl adjacent to an activating group) is 1. The number of rotatable bonds is 7. The monoisotopic (exact) mass is 326 g/mol. The lowest BCUT2D eigenvalue weighted by Gasteiger charge is -2.29. The number of ether oxygens (including phenoxy) is 1. The molecule has 1 atom stereocenters. The zero-order valence-electron chi connectivity index (χ0n) is 13.4. The SMILES string of the molecule is CN(C)CCN(c1ccccc1)S(=O)(=O)C[C@@H]1CCCCO1. The molecule has 2 rings (SSSR count). The van der Waals surface area contributed by atoms with Crippen molar-refractivity contribution in [1.29, 1.82) is 0 Å². The van der Waals surface area contributed by atoms with Crippen molar-refractivity contribution >= 4 is 15.7 Å². The van der Waals surface area contributed by atoms with E-state index in [1.54, 1.807) is 0 Å². The van der Waals surface area contributed by atoms with Gasteiger partial charge in [-0.2, -0.15) is 0 Å². The van der Waals surface area contributed by atoms with Crippen molar-refractivity contribution in [3.8, 4) is 0 Å². The second-order valence-corrected chi connectivity index (χ2v) is 7.92. The Morgan fingerprint density at radius 2 is 1.86 bits per heavy atom. The summed E-state index contributed by atoms with van der Waals surface area (Å²) in [6, 6.07) is 9.31. The van der Waals surface area contributed by atoms with Crippen LogP contribution in [-0.4, -0.2) is 59.0 Å². The molecule has 0 bridgehead atoms. The Hall–Kier alpha value is -1.11. The van der Waals surface area contributed by atoms with Gasteiger partial charge in [-0.3, -0.25) is 4.31 Å². The van der Waals surface area contributed by atoms with Crippen molar-refractivity contribution in [1.82, 2.24) is 4.90 Å². The van der Waals surface area contributed by atoms with Gasteiger partial charge in [-0.05, 0) is 45.5 Å². The highest BCUT2D eigenvalue weighted by Gasteiger charge is 2.28. The first-order chi connectivity index (χ1) is 10.5. The third-order valence-electron chi connectivity index (χ3n) is 3.80. The Kier molecular flexibility index (Phi) is 6.23. The summed E-state index contributed by atoms with van der Waals surface area (Å²) in [6.45, 7) is 1.80. The van der Waals surface area contributed by atoms with Crippen LogP contribution in [0.25, 0.3) is 0 Å². The van der Waals surface area contributed by atoms with E-state index >= 15 is 0 Å². The number of nitrogens with zero attached hydrogens (tertiary/aromatic N) is 2. The van der Waals surface area contributed by atoms with E-state index in [1.807, 2.05) is 49.3 Å². The highest BCUT2D eigenvalue weighted by atomic mass is 32.2. The summed E-state index contributed by atoms with van der Waals surface area (Å²) in [4.78, 5) is 1.99. The lowest BCUT2D eigenvalue weighted by molar-refractivity contribution is 0.0305. The summed E-state index contributed by atoms with van der Waals surface area (Å²) in [6.07, 6.45) is 2.72. The zero-order chi connectivity index (χ0) is 16.0. The Bertz CT molecular complexity index is 540. The molecule has 0 spiro atoms. The summed E-state index contributed by atoms with van der Waals surface area (Å²) < 4.78 is 32.8. The van der Waals surface area contributed by atoms with Crippen LogP contribution in [-0.2, 0) is 14.8 Å². The van der Waals surface area contributed by atoms with Gasteiger partial charge in [0.25, 0.3) is 0 Å². The molecule has 1 fully saturated rings. The van der Waals surface area contributed by atoms with Gasteiger partial charge in [0.1, 0.15) is 0 Å². The van der Waals surface area contributed by atoms with Gasteiger partial charge in [-0.15, -0.1) is 0 Å². The molecule has 1 aromatic rings. The number of benzene rings is 1. The fraction of sp³-hybridized carbons (Fsp3) is 0.625. The molecular weight excluding hydrogens is 300 g/mol. The molecule has 22 heavy (non-hydrogen) atoms. The topological polar surface area (TPSA) is 49.9 Å². The van der Waals surface area contributed by atoms with Crippen LogP contribution in [0.3, 0.4) is 0 Å². The maximum Gasteiger partial charge on any atom is 0.237 e. The minimum atomic E-state index is -3.39. The minimum absolute atomic E-state index is 0.0648. The Labute approximate surface area is 133 Å². The number of hydrogen-bond acceptors (Lipinski definition) is 4. The highest BCUT2D eigenvalue weighted by molar-refractivity contribution is 7.92. The van der Waals surface area contributed by atoms with Crippen LogP contribution < -0.4 is 4.31 Å². The maximum atomic E-state index is 12.8. The molecule has 1 heterocycles. The minimum Gasteiger partial charge on any atom is -0.377 e. The van der Waals surface area contributed by atoms with Gasteiger partial charge in [0, 0.05) is 19.7 Å². The van der Waals surface area contributed by atoms with Crippen molar-refractivity contribution < 1.29 is 13.2 Å². The lowest BCUT2D eigenvalue weighted by Crippen LogP contribution is -2.41. The van der Waals surface area contributed by atoms with Gasteiger partial charge < -0.3 is 9.64 Å². The molecule has 0 N–H and O–H groups in total.